The molecule has 0 spiro atoms. The van der Waals surface area contributed by atoms with Crippen molar-refractivity contribution < 1.29 is 9.90 Å². The molecule has 0 unspecified atom stereocenters. The second-order valence-corrected chi connectivity index (χ2v) is 5.49. The fourth-order valence-corrected chi connectivity index (χ4v) is 1.60. The van der Waals surface area contributed by atoms with Crippen molar-refractivity contribution in [3.8, 4) is 0 Å². The summed E-state index contributed by atoms with van der Waals surface area (Å²) in [4.78, 5) is 10.9. The summed E-state index contributed by atoms with van der Waals surface area (Å²) in [6.07, 6.45) is -0.0357. The van der Waals surface area contributed by atoms with Gasteiger partial charge in [-0.05, 0) is 17.7 Å². The van der Waals surface area contributed by atoms with E-state index < -0.39 is 9.76 Å². The Labute approximate surface area is 102 Å². The van der Waals surface area contributed by atoms with E-state index in [1.165, 1.54) is 6.07 Å². The molecule has 6 heteroatoms. The molecular formula is C9H8Cl3NO2. The smallest absolute Gasteiger partial charge is 0.336 e. The van der Waals surface area contributed by atoms with Gasteiger partial charge in [-0.2, -0.15) is 0 Å². The number of rotatable bonds is 2. The standard InChI is InChI=1S/C9H8Cl3NO2/c10-9(11,12)4-6-5(8(14)15)2-1-3-7(6)13/h1-3H,4,13H2,(H,14,15). The van der Waals surface area contributed by atoms with E-state index in [2.05, 4.69) is 0 Å². The number of anilines is 1. The van der Waals surface area contributed by atoms with Gasteiger partial charge in [-0.3, -0.25) is 0 Å². The van der Waals surface area contributed by atoms with E-state index in [1.807, 2.05) is 0 Å². The Morgan fingerprint density at radius 3 is 2.47 bits per heavy atom. The lowest BCUT2D eigenvalue weighted by atomic mass is 10.0. The predicted octanol–water partition coefficient (Wildman–Crippen LogP) is 2.88. The van der Waals surface area contributed by atoms with Crippen LogP contribution in [0.5, 0.6) is 0 Å². The molecule has 0 bridgehead atoms. The molecule has 1 aromatic rings. The van der Waals surface area contributed by atoms with Gasteiger partial charge < -0.3 is 10.8 Å². The van der Waals surface area contributed by atoms with Crippen LogP contribution in [-0.4, -0.2) is 14.9 Å². The topological polar surface area (TPSA) is 63.3 Å². The summed E-state index contributed by atoms with van der Waals surface area (Å²) in [6.45, 7) is 0. The fraction of sp³-hybridized carbons (Fsp3) is 0.222. The van der Waals surface area contributed by atoms with Crippen molar-refractivity contribution in [2.45, 2.75) is 10.2 Å². The number of nitrogen functional groups attached to an aromatic ring is 1. The van der Waals surface area contributed by atoms with Crippen LogP contribution in [0.1, 0.15) is 15.9 Å². The Kier molecular flexibility index (Phi) is 3.71. The molecule has 1 aromatic carbocycles. The number of carboxylic acids is 1. The summed E-state index contributed by atoms with van der Waals surface area (Å²) >= 11 is 16.8. The molecule has 82 valence electrons. The van der Waals surface area contributed by atoms with Gasteiger partial charge in [0.05, 0.1) is 5.56 Å². The average Bonchev–Trinajstić information content (AvgIpc) is 2.05. The van der Waals surface area contributed by atoms with Crippen molar-refractivity contribution in [2.24, 2.45) is 0 Å². The number of nitrogens with two attached hydrogens (primary N) is 1. The molecule has 0 aliphatic heterocycles. The maximum absolute atomic E-state index is 10.9. The molecule has 0 aromatic heterocycles. The highest BCUT2D eigenvalue weighted by molar-refractivity contribution is 6.67. The molecule has 0 saturated carbocycles. The maximum Gasteiger partial charge on any atom is 0.336 e. The van der Waals surface area contributed by atoms with Crippen LogP contribution in [0.4, 0.5) is 5.69 Å². The molecule has 0 saturated heterocycles. The summed E-state index contributed by atoms with van der Waals surface area (Å²) in [5.41, 5.74) is 6.33. The Balaban J connectivity index is 3.19. The zero-order valence-corrected chi connectivity index (χ0v) is 9.77. The molecule has 0 atom stereocenters. The highest BCUT2D eigenvalue weighted by atomic mass is 35.6. The first-order valence-corrected chi connectivity index (χ1v) is 5.12. The molecule has 0 amide bonds. The van der Waals surface area contributed by atoms with Crippen LogP contribution >= 0.6 is 34.8 Å². The van der Waals surface area contributed by atoms with Crippen LogP contribution in [0.25, 0.3) is 0 Å². The highest BCUT2D eigenvalue weighted by Gasteiger charge is 2.25. The first-order valence-electron chi connectivity index (χ1n) is 3.98. The van der Waals surface area contributed by atoms with E-state index in [0.717, 1.165) is 0 Å². The highest BCUT2D eigenvalue weighted by Crippen LogP contribution is 2.33. The van der Waals surface area contributed by atoms with Crippen molar-refractivity contribution >= 4 is 46.5 Å². The van der Waals surface area contributed by atoms with Crippen molar-refractivity contribution in [1.29, 1.82) is 0 Å². The van der Waals surface area contributed by atoms with Gasteiger partial charge in [0.15, 0.2) is 3.79 Å². The van der Waals surface area contributed by atoms with Gasteiger partial charge >= 0.3 is 5.97 Å². The number of benzene rings is 1. The minimum absolute atomic E-state index is 0.0357. The summed E-state index contributed by atoms with van der Waals surface area (Å²) in [7, 11) is 0. The lowest BCUT2D eigenvalue weighted by molar-refractivity contribution is 0.0696. The van der Waals surface area contributed by atoms with Gasteiger partial charge in [0.25, 0.3) is 0 Å². The van der Waals surface area contributed by atoms with Gasteiger partial charge in [-0.25, -0.2) is 4.79 Å². The van der Waals surface area contributed by atoms with Crippen molar-refractivity contribution in [3.05, 3.63) is 29.3 Å². The van der Waals surface area contributed by atoms with E-state index in [-0.39, 0.29) is 12.0 Å². The zero-order chi connectivity index (χ0) is 11.6. The Hall–Kier alpha value is -0.640. The van der Waals surface area contributed by atoms with Crippen LogP contribution < -0.4 is 5.73 Å². The van der Waals surface area contributed by atoms with Gasteiger partial charge in [0.1, 0.15) is 0 Å². The molecule has 0 radical (unpaired) electrons. The van der Waals surface area contributed by atoms with E-state index >= 15 is 0 Å². The number of carboxylic acid groups (broad SMARTS) is 1. The molecule has 0 aliphatic carbocycles. The molecule has 3 N–H and O–H groups in total. The third kappa shape index (κ3) is 3.45. The van der Waals surface area contributed by atoms with Crippen LogP contribution in [0, 0.1) is 0 Å². The average molecular weight is 269 g/mol. The summed E-state index contributed by atoms with van der Waals surface area (Å²) in [5, 5.41) is 8.90. The number of alkyl halides is 3. The second-order valence-electron chi connectivity index (χ2n) is 2.97. The normalized spacial score (nSPS) is 11.4. The lowest BCUT2D eigenvalue weighted by Gasteiger charge is -2.14. The molecule has 15 heavy (non-hydrogen) atoms. The minimum Gasteiger partial charge on any atom is -0.478 e. The lowest BCUT2D eigenvalue weighted by Crippen LogP contribution is -2.13. The third-order valence-corrected chi connectivity index (χ3v) is 2.22. The van der Waals surface area contributed by atoms with Gasteiger partial charge in [-0.15, -0.1) is 0 Å². The number of aromatic carboxylic acids is 1. The number of carbonyl (C=O) groups is 1. The zero-order valence-electron chi connectivity index (χ0n) is 7.51. The second kappa shape index (κ2) is 4.47. The van der Waals surface area contributed by atoms with Crippen molar-refractivity contribution in [1.82, 2.24) is 0 Å². The Morgan fingerprint density at radius 1 is 1.40 bits per heavy atom. The van der Waals surface area contributed by atoms with E-state index in [1.54, 1.807) is 12.1 Å². The SMILES string of the molecule is Nc1cccc(C(=O)O)c1CC(Cl)(Cl)Cl. The molecule has 0 aliphatic rings. The van der Waals surface area contributed by atoms with E-state index in [4.69, 9.17) is 45.6 Å². The first kappa shape index (κ1) is 12.4. The molecule has 1 rings (SSSR count). The largest absolute Gasteiger partial charge is 0.478 e. The van der Waals surface area contributed by atoms with Crippen LogP contribution in [-0.2, 0) is 6.42 Å². The molecule has 0 heterocycles. The fourth-order valence-electron chi connectivity index (χ4n) is 1.20. The first-order chi connectivity index (χ1) is 6.81. The van der Waals surface area contributed by atoms with E-state index in [9.17, 15) is 4.79 Å². The quantitative estimate of drug-likeness (QED) is 0.640. The summed E-state index contributed by atoms with van der Waals surface area (Å²) in [6, 6.07) is 4.53. The molecular weight excluding hydrogens is 260 g/mol. The number of hydrogen-bond acceptors (Lipinski definition) is 2. The minimum atomic E-state index is -1.56. The van der Waals surface area contributed by atoms with Crippen LogP contribution in [0.15, 0.2) is 18.2 Å². The van der Waals surface area contributed by atoms with Crippen LogP contribution in [0.3, 0.4) is 0 Å². The summed E-state index contributed by atoms with van der Waals surface area (Å²) < 4.78 is -1.56. The third-order valence-electron chi connectivity index (χ3n) is 1.82. The maximum atomic E-state index is 10.9. The Bertz CT molecular complexity index is 387. The molecule has 3 nitrogen and oxygen atoms in total. The Morgan fingerprint density at radius 2 is 2.00 bits per heavy atom. The number of hydrogen-bond donors (Lipinski definition) is 2. The van der Waals surface area contributed by atoms with E-state index in [0.29, 0.717) is 11.3 Å². The monoisotopic (exact) mass is 267 g/mol. The van der Waals surface area contributed by atoms with Crippen molar-refractivity contribution in [2.75, 3.05) is 5.73 Å². The van der Waals surface area contributed by atoms with Crippen LogP contribution in [0.2, 0.25) is 0 Å². The van der Waals surface area contributed by atoms with Gasteiger partial charge in [0.2, 0.25) is 0 Å². The molecule has 0 fully saturated rings. The van der Waals surface area contributed by atoms with Gasteiger partial charge in [-0.1, -0.05) is 40.9 Å². The van der Waals surface area contributed by atoms with Crippen molar-refractivity contribution in [3.63, 3.8) is 0 Å². The summed E-state index contributed by atoms with van der Waals surface area (Å²) in [5.74, 6) is -1.09. The number of halogens is 3. The van der Waals surface area contributed by atoms with Gasteiger partial charge in [0, 0.05) is 12.1 Å². The predicted molar refractivity (Wildman–Crippen MR) is 61.8 cm³/mol.